The molecule has 5 rings (SSSR count). The summed E-state index contributed by atoms with van der Waals surface area (Å²) in [5.41, 5.74) is 3.24. The largest absolute Gasteiger partial charge is 0.327 e. The number of halogens is 1. The molecule has 0 fully saturated rings. The average Bonchev–Trinajstić information content (AvgIpc) is 3.13. The van der Waals surface area contributed by atoms with Gasteiger partial charge in [0.25, 0.3) is 5.91 Å². The lowest BCUT2D eigenvalue weighted by atomic mass is 9.93. The fourth-order valence-corrected chi connectivity index (χ4v) is 4.29. The predicted molar refractivity (Wildman–Crippen MR) is 123 cm³/mol. The van der Waals surface area contributed by atoms with E-state index in [2.05, 4.69) is 42.1 Å². The van der Waals surface area contributed by atoms with Crippen LogP contribution in [0.5, 0.6) is 0 Å². The van der Waals surface area contributed by atoms with Gasteiger partial charge in [0, 0.05) is 16.8 Å². The van der Waals surface area contributed by atoms with Crippen LogP contribution in [0.1, 0.15) is 18.5 Å². The van der Waals surface area contributed by atoms with Crippen molar-refractivity contribution in [1.29, 1.82) is 0 Å². The van der Waals surface area contributed by atoms with Crippen LogP contribution in [0, 0.1) is 0 Å². The van der Waals surface area contributed by atoms with Crippen molar-refractivity contribution in [2.45, 2.75) is 13.0 Å². The average molecular weight is 476 g/mol. The molecule has 3 amide bonds. The number of fused-ring (bicyclic) bond motifs is 2. The number of carbonyl (C=O) groups excluding carboxylic acids is 2. The van der Waals surface area contributed by atoms with E-state index in [-0.39, 0.29) is 11.9 Å². The molecule has 1 aliphatic rings. The molecule has 2 heterocycles. The van der Waals surface area contributed by atoms with Gasteiger partial charge in [-0.25, -0.2) is 4.79 Å². The molecule has 7 nitrogen and oxygen atoms in total. The maximum absolute atomic E-state index is 13.3. The molecule has 1 aromatic heterocycles. The van der Waals surface area contributed by atoms with E-state index >= 15 is 0 Å². The van der Waals surface area contributed by atoms with Crippen molar-refractivity contribution in [1.82, 2.24) is 20.8 Å². The maximum Gasteiger partial charge on any atom is 0.319 e. The molecule has 0 bridgehead atoms. The second-order valence-electron chi connectivity index (χ2n) is 7.40. The highest BCUT2D eigenvalue weighted by atomic mass is 79.9. The smallest absolute Gasteiger partial charge is 0.319 e. The number of carbonyl (C=O) groups is 2. The number of amides is 3. The molecule has 0 saturated carbocycles. The summed E-state index contributed by atoms with van der Waals surface area (Å²) in [6, 6.07) is 18.5. The van der Waals surface area contributed by atoms with Crippen molar-refractivity contribution >= 4 is 55.2 Å². The highest BCUT2D eigenvalue weighted by Crippen LogP contribution is 2.31. The first kappa shape index (κ1) is 19.3. The third kappa shape index (κ3) is 3.55. The van der Waals surface area contributed by atoms with Crippen molar-refractivity contribution in [3.05, 3.63) is 82.1 Å². The van der Waals surface area contributed by atoms with Crippen LogP contribution in [0.3, 0.4) is 0 Å². The second kappa shape index (κ2) is 7.55. The number of nitrogens with one attached hydrogen (secondary N) is 4. The topological polar surface area (TPSA) is 98.9 Å². The van der Waals surface area contributed by atoms with Gasteiger partial charge in [-0.1, -0.05) is 36.4 Å². The summed E-state index contributed by atoms with van der Waals surface area (Å²) in [4.78, 5) is 25.5. The Bertz CT molecular complexity index is 1390. The molecule has 0 radical (unpaired) electrons. The van der Waals surface area contributed by atoms with Crippen LogP contribution in [0.15, 0.2) is 76.5 Å². The molecule has 1 aliphatic heterocycles. The molecule has 31 heavy (non-hydrogen) atoms. The first-order valence-electron chi connectivity index (χ1n) is 9.71. The van der Waals surface area contributed by atoms with Gasteiger partial charge < -0.3 is 16.0 Å². The Hall–Kier alpha value is -3.65. The number of allylic oxidation sites excluding steroid dienone is 1. The second-order valence-corrected chi connectivity index (χ2v) is 8.19. The Kier molecular flexibility index (Phi) is 4.71. The summed E-state index contributed by atoms with van der Waals surface area (Å²) >= 11 is 3.42. The summed E-state index contributed by atoms with van der Waals surface area (Å²) in [5, 5.41) is 18.6. The number of hydrogen-bond donors (Lipinski definition) is 4. The van der Waals surface area contributed by atoms with E-state index in [1.807, 2.05) is 54.6 Å². The molecule has 0 aliphatic carbocycles. The zero-order valence-electron chi connectivity index (χ0n) is 16.5. The summed E-state index contributed by atoms with van der Waals surface area (Å²) in [7, 11) is 0. The number of H-pyrrole nitrogens is 1. The lowest BCUT2D eigenvalue weighted by molar-refractivity contribution is -0.113. The number of aromatic amines is 1. The van der Waals surface area contributed by atoms with E-state index in [4.69, 9.17) is 0 Å². The van der Waals surface area contributed by atoms with Gasteiger partial charge in [-0.05, 0) is 63.5 Å². The number of urea groups is 1. The van der Waals surface area contributed by atoms with E-state index in [0.717, 1.165) is 31.8 Å². The molecule has 4 N–H and O–H groups in total. The van der Waals surface area contributed by atoms with E-state index in [1.54, 1.807) is 13.0 Å². The number of anilines is 1. The van der Waals surface area contributed by atoms with Crippen LogP contribution in [0.4, 0.5) is 10.5 Å². The van der Waals surface area contributed by atoms with Gasteiger partial charge in [-0.2, -0.15) is 5.10 Å². The van der Waals surface area contributed by atoms with Crippen molar-refractivity contribution in [3.63, 3.8) is 0 Å². The Balaban J connectivity index is 1.51. The van der Waals surface area contributed by atoms with Crippen LogP contribution in [-0.4, -0.2) is 22.1 Å². The lowest BCUT2D eigenvalue weighted by Crippen LogP contribution is -2.45. The molecule has 4 aromatic rings. The number of aromatic nitrogens is 2. The molecule has 154 valence electrons. The number of rotatable bonds is 3. The summed E-state index contributed by atoms with van der Waals surface area (Å²) in [5.74, 6) is -0.290. The van der Waals surface area contributed by atoms with E-state index < -0.39 is 6.04 Å². The van der Waals surface area contributed by atoms with Crippen LogP contribution in [0.2, 0.25) is 0 Å². The number of hydrogen-bond acceptors (Lipinski definition) is 3. The molecule has 3 aromatic carbocycles. The van der Waals surface area contributed by atoms with Gasteiger partial charge in [0.1, 0.15) is 4.60 Å². The van der Waals surface area contributed by atoms with Gasteiger partial charge in [-0.3, -0.25) is 9.89 Å². The van der Waals surface area contributed by atoms with Crippen molar-refractivity contribution in [3.8, 4) is 0 Å². The van der Waals surface area contributed by atoms with Crippen LogP contribution < -0.4 is 16.0 Å². The quantitative estimate of drug-likeness (QED) is 0.344. The normalized spacial score (nSPS) is 16.3. The number of benzene rings is 3. The van der Waals surface area contributed by atoms with Gasteiger partial charge in [0.15, 0.2) is 0 Å². The van der Waals surface area contributed by atoms with Crippen molar-refractivity contribution < 1.29 is 9.59 Å². The van der Waals surface area contributed by atoms with E-state index in [0.29, 0.717) is 17.0 Å². The zero-order chi connectivity index (χ0) is 21.5. The molecule has 0 saturated heterocycles. The standard InChI is InChI=1S/C23H18BrN5O2/c1-12-19(22(30)26-16-8-9-18-17(11-16)21(24)29-28-18)20(27-23(31)25-12)15-7-6-13-4-2-3-5-14(13)10-15/h2-11,20H,1H3,(H,26,30)(H,28,29)(H2,25,27,31). The highest BCUT2D eigenvalue weighted by molar-refractivity contribution is 9.10. The minimum absolute atomic E-state index is 0.290. The van der Waals surface area contributed by atoms with Crippen LogP contribution >= 0.6 is 15.9 Å². The van der Waals surface area contributed by atoms with E-state index in [9.17, 15) is 9.59 Å². The summed E-state index contributed by atoms with van der Waals surface area (Å²) in [6.07, 6.45) is 0. The minimum Gasteiger partial charge on any atom is -0.327 e. The Labute approximate surface area is 186 Å². The molecule has 1 unspecified atom stereocenters. The van der Waals surface area contributed by atoms with Crippen LogP contribution in [-0.2, 0) is 4.79 Å². The Morgan fingerprint density at radius 3 is 2.71 bits per heavy atom. The molecular formula is C23H18BrN5O2. The lowest BCUT2D eigenvalue weighted by Gasteiger charge is -2.29. The van der Waals surface area contributed by atoms with E-state index in [1.165, 1.54) is 0 Å². The SMILES string of the molecule is CC1=C(C(=O)Nc2ccc3n[nH]c(Br)c3c2)C(c2ccc3ccccc3c2)NC(=O)N1. The monoisotopic (exact) mass is 475 g/mol. The first-order chi connectivity index (χ1) is 15.0. The molecule has 0 spiro atoms. The third-order valence-corrected chi connectivity index (χ3v) is 5.99. The summed E-state index contributed by atoms with van der Waals surface area (Å²) < 4.78 is 0.745. The van der Waals surface area contributed by atoms with Gasteiger partial charge in [-0.15, -0.1) is 0 Å². The highest BCUT2D eigenvalue weighted by Gasteiger charge is 2.31. The fourth-order valence-electron chi connectivity index (χ4n) is 3.89. The fraction of sp³-hybridized carbons (Fsp3) is 0.0870. The number of nitrogens with zero attached hydrogens (tertiary/aromatic N) is 1. The zero-order valence-corrected chi connectivity index (χ0v) is 18.1. The third-order valence-electron chi connectivity index (χ3n) is 5.39. The maximum atomic E-state index is 13.3. The van der Waals surface area contributed by atoms with Crippen molar-refractivity contribution in [2.24, 2.45) is 0 Å². The van der Waals surface area contributed by atoms with Crippen LogP contribution in [0.25, 0.3) is 21.7 Å². The first-order valence-corrected chi connectivity index (χ1v) is 10.5. The minimum atomic E-state index is -0.567. The molecule has 1 atom stereocenters. The Morgan fingerprint density at radius 2 is 1.87 bits per heavy atom. The summed E-state index contributed by atoms with van der Waals surface area (Å²) in [6.45, 7) is 1.73. The molecular weight excluding hydrogens is 458 g/mol. The van der Waals surface area contributed by atoms with Gasteiger partial charge >= 0.3 is 6.03 Å². The predicted octanol–water partition coefficient (Wildman–Crippen LogP) is 4.75. The Morgan fingerprint density at radius 1 is 1.06 bits per heavy atom. The molecule has 8 heteroatoms. The van der Waals surface area contributed by atoms with Gasteiger partial charge in [0.05, 0.1) is 17.1 Å². The van der Waals surface area contributed by atoms with Crippen molar-refractivity contribution in [2.75, 3.05) is 5.32 Å². The van der Waals surface area contributed by atoms with Gasteiger partial charge in [0.2, 0.25) is 0 Å².